The van der Waals surface area contributed by atoms with Crippen LogP contribution in [0.1, 0.15) is 53.2 Å². The highest BCUT2D eigenvalue weighted by atomic mass is 16.5. The minimum atomic E-state index is -0.226. The molecule has 0 spiro atoms. The third-order valence-corrected chi connectivity index (χ3v) is 3.89. The summed E-state index contributed by atoms with van der Waals surface area (Å²) >= 11 is 0. The summed E-state index contributed by atoms with van der Waals surface area (Å²) in [4.78, 5) is 12.3. The van der Waals surface area contributed by atoms with Gasteiger partial charge >= 0.3 is 0 Å². The molecule has 1 unspecified atom stereocenters. The van der Waals surface area contributed by atoms with E-state index in [9.17, 15) is 4.79 Å². The van der Waals surface area contributed by atoms with E-state index in [0.29, 0.717) is 17.0 Å². The van der Waals surface area contributed by atoms with E-state index in [4.69, 9.17) is 9.26 Å². The number of aryl methyl sites for hydroxylation is 3. The summed E-state index contributed by atoms with van der Waals surface area (Å²) in [5.41, 5.74) is 3.23. The van der Waals surface area contributed by atoms with Gasteiger partial charge in [-0.2, -0.15) is 0 Å². The molecule has 1 aromatic carbocycles. The highest BCUT2D eigenvalue weighted by Crippen LogP contribution is 2.22. The molecule has 2 rings (SSSR count). The number of benzene rings is 1. The van der Waals surface area contributed by atoms with Crippen molar-refractivity contribution in [1.82, 2.24) is 10.5 Å². The van der Waals surface area contributed by atoms with Crippen LogP contribution < -0.4 is 10.1 Å². The first-order valence-corrected chi connectivity index (χ1v) is 7.88. The lowest BCUT2D eigenvalue weighted by Crippen LogP contribution is -2.32. The number of ether oxygens (including phenoxy) is 1. The molecule has 0 aliphatic rings. The maximum absolute atomic E-state index is 12.3. The largest absolute Gasteiger partial charge is 0.488 e. The van der Waals surface area contributed by atoms with Crippen molar-refractivity contribution in [2.24, 2.45) is 0 Å². The smallest absolute Gasteiger partial charge is 0.274 e. The Bertz CT molecular complexity index is 692. The Kier molecular flexibility index (Phi) is 5.42. The van der Waals surface area contributed by atoms with Crippen LogP contribution in [0.15, 0.2) is 22.7 Å². The molecule has 23 heavy (non-hydrogen) atoms. The second-order valence-electron chi connectivity index (χ2n) is 5.91. The Morgan fingerprint density at radius 3 is 2.74 bits per heavy atom. The molecule has 1 atom stereocenters. The number of rotatable bonds is 6. The van der Waals surface area contributed by atoms with Crippen molar-refractivity contribution in [3.63, 3.8) is 0 Å². The van der Waals surface area contributed by atoms with Gasteiger partial charge in [-0.05, 0) is 45.7 Å². The molecular formula is C18H24N2O3. The Balaban J connectivity index is 2.14. The van der Waals surface area contributed by atoms with E-state index < -0.39 is 0 Å². The molecule has 2 aromatic rings. The number of aromatic nitrogens is 1. The molecule has 0 aliphatic carbocycles. The minimum Gasteiger partial charge on any atom is -0.488 e. The fourth-order valence-corrected chi connectivity index (χ4v) is 2.24. The third kappa shape index (κ3) is 4.12. The van der Waals surface area contributed by atoms with Gasteiger partial charge in [-0.15, -0.1) is 0 Å². The lowest BCUT2D eigenvalue weighted by Gasteiger charge is -2.12. The zero-order valence-corrected chi connectivity index (χ0v) is 14.4. The molecule has 0 saturated heterocycles. The van der Waals surface area contributed by atoms with Crippen LogP contribution in [0.2, 0.25) is 0 Å². The van der Waals surface area contributed by atoms with Gasteiger partial charge in [0.1, 0.15) is 18.1 Å². The minimum absolute atomic E-state index is 0.0904. The zero-order valence-electron chi connectivity index (χ0n) is 14.4. The molecule has 0 bridgehead atoms. The third-order valence-electron chi connectivity index (χ3n) is 3.89. The van der Waals surface area contributed by atoms with Gasteiger partial charge in [0.05, 0.1) is 5.56 Å². The molecule has 5 nitrogen and oxygen atoms in total. The monoisotopic (exact) mass is 316 g/mol. The van der Waals surface area contributed by atoms with Crippen molar-refractivity contribution in [3.05, 3.63) is 46.3 Å². The predicted molar refractivity (Wildman–Crippen MR) is 88.7 cm³/mol. The molecule has 0 radical (unpaired) electrons. The highest BCUT2D eigenvalue weighted by Gasteiger charge is 2.21. The van der Waals surface area contributed by atoms with E-state index in [1.54, 1.807) is 6.92 Å². The summed E-state index contributed by atoms with van der Waals surface area (Å²) in [6.45, 7) is 10.0. The van der Waals surface area contributed by atoms with Crippen LogP contribution in [0.25, 0.3) is 0 Å². The summed E-state index contributed by atoms with van der Waals surface area (Å²) in [6.07, 6.45) is 0.858. The van der Waals surface area contributed by atoms with Crippen LogP contribution in [0, 0.1) is 20.8 Å². The van der Waals surface area contributed by atoms with Crippen molar-refractivity contribution in [2.45, 2.75) is 53.7 Å². The topological polar surface area (TPSA) is 64.4 Å². The lowest BCUT2D eigenvalue weighted by molar-refractivity contribution is 0.0928. The first kappa shape index (κ1) is 17.1. The number of amides is 1. The van der Waals surface area contributed by atoms with Gasteiger partial charge in [-0.1, -0.05) is 29.8 Å². The van der Waals surface area contributed by atoms with Crippen molar-refractivity contribution < 1.29 is 14.1 Å². The molecule has 1 aromatic heterocycles. The number of nitrogens with zero attached hydrogens (tertiary/aromatic N) is 1. The van der Waals surface area contributed by atoms with Crippen molar-refractivity contribution >= 4 is 5.91 Å². The Morgan fingerprint density at radius 2 is 2.09 bits per heavy atom. The number of carbonyl (C=O) groups is 1. The fraction of sp³-hybridized carbons (Fsp3) is 0.444. The molecule has 0 fully saturated rings. The van der Waals surface area contributed by atoms with Crippen LogP contribution in [-0.4, -0.2) is 17.1 Å². The van der Waals surface area contributed by atoms with Gasteiger partial charge in [-0.3, -0.25) is 4.79 Å². The summed E-state index contributed by atoms with van der Waals surface area (Å²) in [5.74, 6) is 1.17. The average Bonchev–Trinajstić information content (AvgIpc) is 2.87. The molecule has 0 aliphatic heterocycles. The highest BCUT2D eigenvalue weighted by molar-refractivity contribution is 5.93. The number of hydrogen-bond acceptors (Lipinski definition) is 4. The standard InChI is InChI=1S/C18H24N2O3/c1-6-13(4)19-18(21)17-15(14(5)23-20-17)10-22-16-8-7-11(2)9-12(16)3/h7-9,13H,6,10H2,1-5H3,(H,19,21). The van der Waals surface area contributed by atoms with Crippen LogP contribution in [-0.2, 0) is 6.61 Å². The maximum atomic E-state index is 12.3. The van der Waals surface area contributed by atoms with Gasteiger partial charge in [0.25, 0.3) is 5.91 Å². The van der Waals surface area contributed by atoms with Gasteiger partial charge in [0.2, 0.25) is 0 Å². The summed E-state index contributed by atoms with van der Waals surface area (Å²) in [7, 11) is 0. The van der Waals surface area contributed by atoms with Crippen LogP contribution in [0.5, 0.6) is 5.75 Å². The number of nitrogens with one attached hydrogen (secondary N) is 1. The van der Waals surface area contributed by atoms with Crippen molar-refractivity contribution in [3.8, 4) is 5.75 Å². The first-order chi connectivity index (χ1) is 10.9. The Hall–Kier alpha value is -2.30. The van der Waals surface area contributed by atoms with Crippen LogP contribution in [0.4, 0.5) is 0 Å². The lowest BCUT2D eigenvalue weighted by atomic mass is 10.1. The second kappa shape index (κ2) is 7.31. The normalized spacial score (nSPS) is 12.0. The quantitative estimate of drug-likeness (QED) is 0.882. The average molecular weight is 316 g/mol. The molecule has 124 valence electrons. The second-order valence-corrected chi connectivity index (χ2v) is 5.91. The Labute approximate surface area is 137 Å². The van der Waals surface area contributed by atoms with Gasteiger partial charge < -0.3 is 14.6 Å². The van der Waals surface area contributed by atoms with Crippen molar-refractivity contribution in [2.75, 3.05) is 0 Å². The molecule has 1 amide bonds. The zero-order chi connectivity index (χ0) is 17.0. The fourth-order valence-electron chi connectivity index (χ4n) is 2.24. The maximum Gasteiger partial charge on any atom is 0.274 e. The number of hydrogen-bond donors (Lipinski definition) is 1. The van der Waals surface area contributed by atoms with E-state index in [1.807, 2.05) is 39.8 Å². The summed E-state index contributed by atoms with van der Waals surface area (Å²) < 4.78 is 11.0. The Morgan fingerprint density at radius 1 is 1.35 bits per heavy atom. The van der Waals surface area contributed by atoms with E-state index in [0.717, 1.165) is 17.7 Å². The SMILES string of the molecule is CCC(C)NC(=O)c1noc(C)c1COc1ccc(C)cc1C. The van der Waals surface area contributed by atoms with Gasteiger partial charge in [0, 0.05) is 6.04 Å². The molecule has 0 saturated carbocycles. The van der Waals surface area contributed by atoms with E-state index in [2.05, 4.69) is 16.5 Å². The van der Waals surface area contributed by atoms with Crippen molar-refractivity contribution in [1.29, 1.82) is 0 Å². The van der Waals surface area contributed by atoms with Gasteiger partial charge in [-0.25, -0.2) is 0 Å². The first-order valence-electron chi connectivity index (χ1n) is 7.88. The van der Waals surface area contributed by atoms with E-state index in [-0.39, 0.29) is 18.6 Å². The van der Waals surface area contributed by atoms with E-state index in [1.165, 1.54) is 5.56 Å². The van der Waals surface area contributed by atoms with Crippen LogP contribution >= 0.6 is 0 Å². The number of carbonyl (C=O) groups excluding carboxylic acids is 1. The molecule has 5 heteroatoms. The van der Waals surface area contributed by atoms with Gasteiger partial charge in [0.15, 0.2) is 5.69 Å². The summed E-state index contributed by atoms with van der Waals surface area (Å²) in [5, 5.41) is 6.78. The predicted octanol–water partition coefficient (Wildman–Crippen LogP) is 3.71. The molecule has 1 N–H and O–H groups in total. The molecule has 1 heterocycles. The van der Waals surface area contributed by atoms with E-state index >= 15 is 0 Å². The molecular weight excluding hydrogens is 292 g/mol. The summed E-state index contributed by atoms with van der Waals surface area (Å²) in [6, 6.07) is 6.09. The van der Waals surface area contributed by atoms with Crippen LogP contribution in [0.3, 0.4) is 0 Å².